The number of rotatable bonds is 5. The molecule has 0 aliphatic carbocycles. The predicted molar refractivity (Wildman–Crippen MR) is 78.0 cm³/mol. The van der Waals surface area contributed by atoms with E-state index in [1.54, 1.807) is 11.3 Å². The molecule has 0 amide bonds. The molecule has 4 heteroatoms. The summed E-state index contributed by atoms with van der Waals surface area (Å²) < 4.78 is 5.81. The number of aromatic nitrogens is 1. The monoisotopic (exact) mass is 274 g/mol. The van der Waals surface area contributed by atoms with Crippen LogP contribution in [0, 0.1) is 0 Å². The highest BCUT2D eigenvalue weighted by atomic mass is 32.1. The van der Waals surface area contributed by atoms with Crippen LogP contribution in [0.2, 0.25) is 0 Å². The molecule has 0 saturated heterocycles. The van der Waals surface area contributed by atoms with Crippen molar-refractivity contribution in [2.24, 2.45) is 0 Å². The fourth-order valence-electron chi connectivity index (χ4n) is 2.70. The van der Waals surface area contributed by atoms with Gasteiger partial charge in [-0.05, 0) is 19.0 Å². The predicted octanol–water partition coefficient (Wildman–Crippen LogP) is 2.84. The van der Waals surface area contributed by atoms with Gasteiger partial charge in [-0.15, -0.1) is 11.3 Å². The van der Waals surface area contributed by atoms with Crippen molar-refractivity contribution in [3.8, 4) is 5.75 Å². The summed E-state index contributed by atoms with van der Waals surface area (Å²) in [5.74, 6) is 1.47. The van der Waals surface area contributed by atoms with E-state index in [1.165, 1.54) is 10.4 Å². The average Bonchev–Trinajstić information content (AvgIpc) is 3.07. The van der Waals surface area contributed by atoms with E-state index in [9.17, 15) is 0 Å². The molecule has 19 heavy (non-hydrogen) atoms. The number of nitrogens with one attached hydrogen (secondary N) is 1. The molecule has 3 rings (SSSR count). The van der Waals surface area contributed by atoms with Crippen LogP contribution < -0.4 is 10.1 Å². The fourth-order valence-corrected chi connectivity index (χ4v) is 3.35. The number of ether oxygens (including phenoxy) is 1. The van der Waals surface area contributed by atoms with E-state index in [2.05, 4.69) is 35.4 Å². The molecule has 0 spiro atoms. The molecule has 1 aliphatic rings. The van der Waals surface area contributed by atoms with E-state index >= 15 is 0 Å². The lowest BCUT2D eigenvalue weighted by molar-refractivity contribution is 0.298. The van der Waals surface area contributed by atoms with Gasteiger partial charge in [-0.25, -0.2) is 0 Å². The second-order valence-electron chi connectivity index (χ2n) is 4.79. The largest absolute Gasteiger partial charge is 0.493 e. The van der Waals surface area contributed by atoms with Crippen molar-refractivity contribution in [3.63, 3.8) is 0 Å². The Hall–Kier alpha value is -1.39. The van der Waals surface area contributed by atoms with E-state index in [4.69, 9.17) is 4.74 Å². The molecular formula is C15H18N2OS. The summed E-state index contributed by atoms with van der Waals surface area (Å²) in [6, 6.07) is 8.78. The molecule has 100 valence electrons. The molecule has 0 radical (unpaired) electrons. The van der Waals surface area contributed by atoms with Gasteiger partial charge in [0.15, 0.2) is 0 Å². The Kier molecular flexibility index (Phi) is 3.80. The zero-order valence-electron chi connectivity index (χ0n) is 11.0. The number of hydrogen-bond donors (Lipinski definition) is 1. The molecule has 2 aromatic rings. The number of para-hydroxylation sites is 1. The van der Waals surface area contributed by atoms with Crippen molar-refractivity contribution in [2.75, 3.05) is 13.2 Å². The summed E-state index contributed by atoms with van der Waals surface area (Å²) in [5.41, 5.74) is 3.23. The summed E-state index contributed by atoms with van der Waals surface area (Å²) in [6.45, 7) is 3.90. The molecule has 1 aliphatic heterocycles. The molecule has 1 aromatic heterocycles. The molecule has 0 fully saturated rings. The maximum Gasteiger partial charge on any atom is 0.122 e. The minimum atomic E-state index is 0.411. The van der Waals surface area contributed by atoms with Gasteiger partial charge in [-0.3, -0.25) is 4.98 Å². The van der Waals surface area contributed by atoms with E-state index < -0.39 is 0 Å². The Morgan fingerprint density at radius 3 is 3.16 bits per heavy atom. The number of likely N-dealkylation sites (N-methyl/N-ethyl adjacent to an activating group) is 1. The van der Waals surface area contributed by atoms with Gasteiger partial charge >= 0.3 is 0 Å². The summed E-state index contributed by atoms with van der Waals surface area (Å²) in [5, 5.41) is 3.60. The smallest absolute Gasteiger partial charge is 0.122 e. The van der Waals surface area contributed by atoms with Gasteiger partial charge in [-0.2, -0.15) is 0 Å². The van der Waals surface area contributed by atoms with E-state index in [0.717, 1.165) is 25.3 Å². The molecule has 0 saturated carbocycles. The highest BCUT2D eigenvalue weighted by molar-refractivity contribution is 7.09. The Labute approximate surface area is 117 Å². The van der Waals surface area contributed by atoms with Crippen LogP contribution in [0.5, 0.6) is 5.75 Å². The maximum atomic E-state index is 5.81. The topological polar surface area (TPSA) is 34.2 Å². The van der Waals surface area contributed by atoms with Crippen LogP contribution in [-0.4, -0.2) is 24.2 Å². The van der Waals surface area contributed by atoms with E-state index in [1.807, 2.05) is 17.8 Å². The summed E-state index contributed by atoms with van der Waals surface area (Å²) in [4.78, 5) is 5.49. The van der Waals surface area contributed by atoms with E-state index in [0.29, 0.717) is 12.0 Å². The Bertz CT molecular complexity index is 527. The molecule has 3 nitrogen and oxygen atoms in total. The zero-order valence-corrected chi connectivity index (χ0v) is 11.8. The van der Waals surface area contributed by atoms with Crippen LogP contribution in [0.1, 0.15) is 23.3 Å². The second-order valence-corrected chi connectivity index (χ2v) is 5.76. The van der Waals surface area contributed by atoms with Crippen LogP contribution in [0.4, 0.5) is 0 Å². The second kappa shape index (κ2) is 5.72. The number of thiazole rings is 1. The average molecular weight is 274 g/mol. The lowest BCUT2D eigenvalue weighted by atomic mass is 9.91. The Balaban J connectivity index is 1.81. The fraction of sp³-hybridized carbons (Fsp3) is 0.400. The highest BCUT2D eigenvalue weighted by Gasteiger charge is 2.30. The molecule has 2 heterocycles. The van der Waals surface area contributed by atoms with Gasteiger partial charge in [0, 0.05) is 28.6 Å². The number of nitrogens with zero attached hydrogens (tertiary/aromatic N) is 1. The molecule has 2 unspecified atom stereocenters. The molecule has 1 aromatic carbocycles. The number of fused-ring (bicyclic) bond motifs is 1. The van der Waals surface area contributed by atoms with Crippen molar-refractivity contribution in [1.82, 2.24) is 10.3 Å². The van der Waals surface area contributed by atoms with Crippen LogP contribution in [0.25, 0.3) is 0 Å². The van der Waals surface area contributed by atoms with Gasteiger partial charge in [0.1, 0.15) is 5.75 Å². The SMILES string of the molecule is CCNC(Cc1cncs1)C1COc2ccccc21. The van der Waals surface area contributed by atoms with Crippen LogP contribution in [-0.2, 0) is 6.42 Å². The van der Waals surface area contributed by atoms with Gasteiger partial charge in [0.05, 0.1) is 12.1 Å². The number of hydrogen-bond acceptors (Lipinski definition) is 4. The van der Waals surface area contributed by atoms with Crippen molar-refractivity contribution in [1.29, 1.82) is 0 Å². The molecule has 2 atom stereocenters. The first kappa shape index (κ1) is 12.6. The molecule has 1 N–H and O–H groups in total. The normalized spacial score (nSPS) is 18.9. The zero-order chi connectivity index (χ0) is 13.1. The lowest BCUT2D eigenvalue weighted by Crippen LogP contribution is -2.37. The minimum absolute atomic E-state index is 0.411. The summed E-state index contributed by atoms with van der Waals surface area (Å²) >= 11 is 1.73. The van der Waals surface area contributed by atoms with Gasteiger partial charge in [-0.1, -0.05) is 25.1 Å². The number of benzene rings is 1. The van der Waals surface area contributed by atoms with Crippen LogP contribution >= 0.6 is 11.3 Å². The first-order valence-electron chi connectivity index (χ1n) is 6.71. The first-order chi connectivity index (χ1) is 9.38. The minimum Gasteiger partial charge on any atom is -0.493 e. The van der Waals surface area contributed by atoms with Crippen molar-refractivity contribution in [2.45, 2.75) is 25.3 Å². The van der Waals surface area contributed by atoms with Crippen molar-refractivity contribution < 1.29 is 4.74 Å². The summed E-state index contributed by atoms with van der Waals surface area (Å²) in [7, 11) is 0. The van der Waals surface area contributed by atoms with Gasteiger partial charge in [0.2, 0.25) is 0 Å². The third-order valence-corrected chi connectivity index (χ3v) is 4.40. The highest BCUT2D eigenvalue weighted by Crippen LogP contribution is 2.36. The van der Waals surface area contributed by atoms with Gasteiger partial charge < -0.3 is 10.1 Å². The van der Waals surface area contributed by atoms with Crippen molar-refractivity contribution >= 4 is 11.3 Å². The third kappa shape index (κ3) is 2.65. The quantitative estimate of drug-likeness (QED) is 0.910. The maximum absolute atomic E-state index is 5.81. The summed E-state index contributed by atoms with van der Waals surface area (Å²) in [6.07, 6.45) is 2.98. The first-order valence-corrected chi connectivity index (χ1v) is 7.59. The van der Waals surface area contributed by atoms with Crippen molar-refractivity contribution in [3.05, 3.63) is 46.4 Å². The standard InChI is InChI=1S/C15H18N2OS/c1-2-17-14(7-11-8-16-10-19-11)13-9-18-15-6-4-3-5-12(13)15/h3-6,8,10,13-14,17H,2,7,9H2,1H3. The lowest BCUT2D eigenvalue weighted by Gasteiger charge is -2.23. The van der Waals surface area contributed by atoms with E-state index in [-0.39, 0.29) is 0 Å². The Morgan fingerprint density at radius 1 is 1.47 bits per heavy atom. The van der Waals surface area contributed by atoms with Crippen LogP contribution in [0.3, 0.4) is 0 Å². The van der Waals surface area contributed by atoms with Crippen LogP contribution in [0.15, 0.2) is 36.0 Å². The Morgan fingerprint density at radius 2 is 2.37 bits per heavy atom. The molecule has 0 bridgehead atoms. The third-order valence-electron chi connectivity index (χ3n) is 3.59. The molecular weight excluding hydrogens is 256 g/mol. The van der Waals surface area contributed by atoms with Gasteiger partial charge in [0.25, 0.3) is 0 Å².